The van der Waals surface area contributed by atoms with Gasteiger partial charge < -0.3 is 14.7 Å². The summed E-state index contributed by atoms with van der Waals surface area (Å²) in [6.45, 7) is 0.494. The molecule has 2 aliphatic heterocycles. The lowest BCUT2D eigenvalue weighted by molar-refractivity contribution is -0.147. The van der Waals surface area contributed by atoms with Crippen LogP contribution in [0.1, 0.15) is 19.3 Å². The average Bonchev–Trinajstić information content (AvgIpc) is 2.03. The summed E-state index contributed by atoms with van der Waals surface area (Å²) >= 11 is 0. The fourth-order valence-corrected chi connectivity index (χ4v) is 2.61. The van der Waals surface area contributed by atoms with Crippen LogP contribution in [0.4, 0.5) is 0 Å². The minimum atomic E-state index is -0.533. The van der Waals surface area contributed by atoms with Gasteiger partial charge in [0.2, 0.25) is 0 Å². The highest BCUT2D eigenvalue weighted by molar-refractivity contribution is 5.04. The molecule has 0 radical (unpaired) electrons. The molecule has 2 unspecified atom stereocenters. The summed E-state index contributed by atoms with van der Waals surface area (Å²) in [6, 6.07) is 1.20. The maximum absolute atomic E-state index is 10.0. The zero-order valence-corrected chi connectivity index (χ0v) is 7.79. The maximum Gasteiger partial charge on any atom is 0.0909 e. The Morgan fingerprint density at radius 3 is 2.50 bits per heavy atom. The summed E-state index contributed by atoms with van der Waals surface area (Å²) in [5.74, 6) is 0. The van der Waals surface area contributed by atoms with E-state index in [0.29, 0.717) is 18.7 Å². The largest absolute Gasteiger partial charge is 0.387 e. The summed E-state index contributed by atoms with van der Waals surface area (Å²) in [5.41, 5.74) is -0.533. The Kier molecular flexibility index (Phi) is 1.90. The first-order valence-electron chi connectivity index (χ1n) is 4.58. The Morgan fingerprint density at radius 2 is 2.08 bits per heavy atom. The molecule has 1 saturated carbocycles. The molecule has 1 N–H and O–H groups in total. The standard InChI is InChI=1S/C9H17NO2/c1-10-7-3-8(10)5-9(11,4-7)6-12-2/h7-8,11H,3-6H2,1-2H3. The maximum atomic E-state index is 10.0. The molecule has 2 saturated heterocycles. The van der Waals surface area contributed by atoms with E-state index < -0.39 is 5.60 Å². The molecule has 0 aromatic carbocycles. The van der Waals surface area contributed by atoms with E-state index >= 15 is 0 Å². The van der Waals surface area contributed by atoms with Gasteiger partial charge in [0.1, 0.15) is 0 Å². The highest BCUT2D eigenvalue weighted by Crippen LogP contribution is 2.42. The molecule has 3 fully saturated rings. The van der Waals surface area contributed by atoms with Crippen molar-refractivity contribution in [1.29, 1.82) is 0 Å². The third-order valence-electron chi connectivity index (χ3n) is 3.34. The van der Waals surface area contributed by atoms with Crippen LogP contribution in [0, 0.1) is 0 Å². The summed E-state index contributed by atoms with van der Waals surface area (Å²) < 4.78 is 5.02. The number of methoxy groups -OCH3 is 1. The van der Waals surface area contributed by atoms with Crippen LogP contribution in [0.5, 0.6) is 0 Å². The molecule has 3 aliphatic rings. The number of hydrogen-bond acceptors (Lipinski definition) is 3. The summed E-state index contributed by atoms with van der Waals surface area (Å²) in [4.78, 5) is 2.37. The van der Waals surface area contributed by atoms with Crippen LogP contribution in [-0.2, 0) is 4.74 Å². The van der Waals surface area contributed by atoms with Crippen molar-refractivity contribution in [2.75, 3.05) is 20.8 Å². The predicted molar refractivity (Wildman–Crippen MR) is 46.0 cm³/mol. The van der Waals surface area contributed by atoms with Gasteiger partial charge in [-0.1, -0.05) is 0 Å². The van der Waals surface area contributed by atoms with Crippen LogP contribution in [0.2, 0.25) is 0 Å². The molecule has 2 atom stereocenters. The van der Waals surface area contributed by atoms with Crippen molar-refractivity contribution in [3.05, 3.63) is 0 Å². The van der Waals surface area contributed by atoms with Crippen LogP contribution in [0.3, 0.4) is 0 Å². The van der Waals surface area contributed by atoms with E-state index in [-0.39, 0.29) is 0 Å². The number of rotatable bonds is 2. The van der Waals surface area contributed by atoms with Crippen LogP contribution >= 0.6 is 0 Å². The number of hydrogen-bond donors (Lipinski definition) is 1. The number of nitrogens with zero attached hydrogens (tertiary/aromatic N) is 1. The lowest BCUT2D eigenvalue weighted by atomic mass is 9.71. The monoisotopic (exact) mass is 171 g/mol. The van der Waals surface area contributed by atoms with E-state index in [1.165, 1.54) is 6.42 Å². The number of piperidine rings is 1. The van der Waals surface area contributed by atoms with Gasteiger partial charge in [-0.15, -0.1) is 0 Å². The van der Waals surface area contributed by atoms with Crippen LogP contribution in [0.25, 0.3) is 0 Å². The van der Waals surface area contributed by atoms with Crippen molar-refractivity contribution >= 4 is 0 Å². The number of aliphatic hydroxyl groups is 1. The molecule has 0 aromatic heterocycles. The molecule has 2 bridgehead atoms. The van der Waals surface area contributed by atoms with Crippen molar-refractivity contribution in [3.8, 4) is 0 Å². The molecule has 0 spiro atoms. The quantitative estimate of drug-likeness (QED) is 0.645. The van der Waals surface area contributed by atoms with Crippen LogP contribution in [0.15, 0.2) is 0 Å². The average molecular weight is 171 g/mol. The summed E-state index contributed by atoms with van der Waals surface area (Å²) in [7, 11) is 3.80. The Bertz CT molecular complexity index is 171. The van der Waals surface area contributed by atoms with Gasteiger partial charge in [-0.05, 0) is 26.3 Å². The SMILES string of the molecule is COCC1(O)CC2CC(C1)N2C. The van der Waals surface area contributed by atoms with Crippen molar-refractivity contribution < 1.29 is 9.84 Å². The van der Waals surface area contributed by atoms with Gasteiger partial charge in [-0.25, -0.2) is 0 Å². The van der Waals surface area contributed by atoms with E-state index in [4.69, 9.17) is 4.74 Å². The zero-order valence-electron chi connectivity index (χ0n) is 7.79. The highest BCUT2D eigenvalue weighted by Gasteiger charge is 2.49. The molecule has 0 aromatic rings. The Hall–Kier alpha value is -0.120. The second-order valence-corrected chi connectivity index (χ2v) is 4.27. The molecule has 2 heterocycles. The topological polar surface area (TPSA) is 32.7 Å². The lowest BCUT2D eigenvalue weighted by Gasteiger charge is -2.56. The van der Waals surface area contributed by atoms with Gasteiger partial charge in [-0.2, -0.15) is 0 Å². The van der Waals surface area contributed by atoms with Crippen LogP contribution < -0.4 is 0 Å². The predicted octanol–water partition coefficient (Wildman–Crippen LogP) is 0.230. The molecule has 12 heavy (non-hydrogen) atoms. The Morgan fingerprint density at radius 1 is 1.50 bits per heavy atom. The van der Waals surface area contributed by atoms with Gasteiger partial charge >= 0.3 is 0 Å². The van der Waals surface area contributed by atoms with Gasteiger partial charge in [-0.3, -0.25) is 0 Å². The molecule has 70 valence electrons. The first-order valence-corrected chi connectivity index (χ1v) is 4.58. The fraction of sp³-hybridized carbons (Fsp3) is 1.00. The third kappa shape index (κ3) is 1.16. The molecule has 0 amide bonds. The van der Waals surface area contributed by atoms with Crippen molar-refractivity contribution in [3.63, 3.8) is 0 Å². The molecule has 3 heteroatoms. The Labute approximate surface area is 73.3 Å². The first kappa shape index (κ1) is 8.48. The molecule has 1 aliphatic carbocycles. The van der Waals surface area contributed by atoms with Crippen LogP contribution in [-0.4, -0.2) is 48.5 Å². The molecule has 3 nitrogen and oxygen atoms in total. The zero-order chi connectivity index (χ0) is 8.77. The van der Waals surface area contributed by atoms with E-state index in [2.05, 4.69) is 11.9 Å². The number of ether oxygens (including phenoxy) is 1. The van der Waals surface area contributed by atoms with Crippen molar-refractivity contribution in [2.45, 2.75) is 36.9 Å². The minimum Gasteiger partial charge on any atom is -0.387 e. The Balaban J connectivity index is 1.97. The molecular formula is C9H17NO2. The van der Waals surface area contributed by atoms with E-state index in [1.54, 1.807) is 7.11 Å². The highest BCUT2D eigenvalue weighted by atomic mass is 16.5. The minimum absolute atomic E-state index is 0.494. The van der Waals surface area contributed by atoms with Gasteiger partial charge in [0.05, 0.1) is 12.2 Å². The van der Waals surface area contributed by atoms with Gasteiger partial charge in [0, 0.05) is 19.2 Å². The van der Waals surface area contributed by atoms with Gasteiger partial charge in [0.25, 0.3) is 0 Å². The van der Waals surface area contributed by atoms with Crippen molar-refractivity contribution in [1.82, 2.24) is 4.90 Å². The first-order chi connectivity index (χ1) is 5.64. The third-order valence-corrected chi connectivity index (χ3v) is 3.34. The fourth-order valence-electron chi connectivity index (χ4n) is 2.61. The summed E-state index contributed by atoms with van der Waals surface area (Å²) in [6.07, 6.45) is 3.03. The smallest absolute Gasteiger partial charge is 0.0909 e. The second-order valence-electron chi connectivity index (χ2n) is 4.27. The van der Waals surface area contributed by atoms with Gasteiger partial charge in [0.15, 0.2) is 0 Å². The summed E-state index contributed by atoms with van der Waals surface area (Å²) in [5, 5.41) is 10.0. The van der Waals surface area contributed by atoms with Crippen molar-refractivity contribution in [2.24, 2.45) is 0 Å². The van der Waals surface area contributed by atoms with E-state index in [9.17, 15) is 5.11 Å². The lowest BCUT2D eigenvalue weighted by Crippen LogP contribution is -2.64. The molecule has 3 rings (SSSR count). The molecular weight excluding hydrogens is 154 g/mol. The second kappa shape index (κ2) is 2.69. The number of fused-ring (bicyclic) bond motifs is 2. The van der Waals surface area contributed by atoms with E-state index in [1.807, 2.05) is 0 Å². The van der Waals surface area contributed by atoms with E-state index in [0.717, 1.165) is 12.8 Å². The normalized spacial score (nSPS) is 47.2.